The number of aliphatic hydroxyl groups excluding tert-OH is 1. The molecule has 0 saturated carbocycles. The van der Waals surface area contributed by atoms with Crippen molar-refractivity contribution >= 4 is 21.7 Å². The molecule has 3 heteroatoms. The number of benzene rings is 4. The summed E-state index contributed by atoms with van der Waals surface area (Å²) in [7, 11) is 0. The lowest BCUT2D eigenvalue weighted by atomic mass is 9.97. The SMILES string of the molecule is C[C@@H]1CCCCN1C[C@H](O)Cn1c(-c2ccccc2)c(-c2ccccc2)c2ccc3ccccc3c21. The standard InChI is InChI=1S/C33H34N2O/c1-24-12-10-11-21-34(24)22-28(36)23-35-32(27-16-6-3-7-17-27)31(26-14-4-2-5-15-26)30-20-19-25-13-8-9-18-29(25)33(30)35/h2-9,13-20,24,28,36H,10-12,21-23H2,1H3/t24-,28+/m1/s1. The van der Waals surface area contributed by atoms with E-state index in [-0.39, 0.29) is 0 Å². The van der Waals surface area contributed by atoms with E-state index in [2.05, 4.69) is 113 Å². The van der Waals surface area contributed by atoms with Gasteiger partial charge in [-0.25, -0.2) is 0 Å². The number of aromatic nitrogens is 1. The average molecular weight is 475 g/mol. The summed E-state index contributed by atoms with van der Waals surface area (Å²) in [6, 6.07) is 35.0. The van der Waals surface area contributed by atoms with E-state index in [1.807, 2.05) is 0 Å². The van der Waals surface area contributed by atoms with Gasteiger partial charge in [-0.05, 0) is 42.8 Å². The second-order valence-electron chi connectivity index (χ2n) is 10.2. The van der Waals surface area contributed by atoms with Gasteiger partial charge in [0.05, 0.1) is 23.9 Å². The van der Waals surface area contributed by atoms with Crippen LogP contribution >= 0.6 is 0 Å². The molecule has 5 aromatic rings. The fourth-order valence-electron chi connectivity index (χ4n) is 6.07. The third-order valence-corrected chi connectivity index (χ3v) is 7.84. The fourth-order valence-corrected chi connectivity index (χ4v) is 6.07. The van der Waals surface area contributed by atoms with E-state index in [9.17, 15) is 5.11 Å². The van der Waals surface area contributed by atoms with Crippen LogP contribution in [0.5, 0.6) is 0 Å². The Balaban J connectivity index is 1.58. The van der Waals surface area contributed by atoms with Crippen molar-refractivity contribution in [1.82, 2.24) is 9.47 Å². The number of nitrogens with zero attached hydrogens (tertiary/aromatic N) is 2. The molecule has 2 atom stereocenters. The molecule has 1 aromatic heterocycles. The molecule has 182 valence electrons. The number of rotatable bonds is 6. The summed E-state index contributed by atoms with van der Waals surface area (Å²) < 4.78 is 2.40. The van der Waals surface area contributed by atoms with E-state index in [1.165, 1.54) is 63.3 Å². The van der Waals surface area contributed by atoms with Crippen molar-refractivity contribution in [2.45, 2.75) is 44.9 Å². The van der Waals surface area contributed by atoms with Crippen LogP contribution in [-0.4, -0.2) is 39.8 Å². The Kier molecular flexibility index (Phi) is 6.35. The fraction of sp³-hybridized carbons (Fsp3) is 0.273. The minimum Gasteiger partial charge on any atom is -0.390 e. The molecule has 1 N–H and O–H groups in total. The van der Waals surface area contributed by atoms with Gasteiger partial charge < -0.3 is 9.67 Å². The predicted octanol–water partition coefficient (Wildman–Crippen LogP) is 7.36. The van der Waals surface area contributed by atoms with Crippen LogP contribution < -0.4 is 0 Å². The highest BCUT2D eigenvalue weighted by Crippen LogP contribution is 2.43. The first-order valence-corrected chi connectivity index (χ1v) is 13.3. The lowest BCUT2D eigenvalue weighted by Crippen LogP contribution is -2.43. The summed E-state index contributed by atoms with van der Waals surface area (Å²) in [6.45, 7) is 4.65. The zero-order chi connectivity index (χ0) is 24.5. The van der Waals surface area contributed by atoms with Crippen LogP contribution in [0.25, 0.3) is 44.1 Å². The third kappa shape index (κ3) is 4.23. The molecule has 0 spiro atoms. The van der Waals surface area contributed by atoms with Gasteiger partial charge in [-0.3, -0.25) is 4.90 Å². The van der Waals surface area contributed by atoms with Crippen LogP contribution in [0, 0.1) is 0 Å². The first-order valence-electron chi connectivity index (χ1n) is 13.3. The number of fused-ring (bicyclic) bond motifs is 3. The molecule has 3 nitrogen and oxygen atoms in total. The van der Waals surface area contributed by atoms with Crippen molar-refractivity contribution in [2.24, 2.45) is 0 Å². The molecule has 2 heterocycles. The molecule has 1 fully saturated rings. The summed E-state index contributed by atoms with van der Waals surface area (Å²) in [5.41, 5.74) is 6.00. The van der Waals surface area contributed by atoms with Crippen LogP contribution in [0.2, 0.25) is 0 Å². The summed E-state index contributed by atoms with van der Waals surface area (Å²) in [4.78, 5) is 2.47. The van der Waals surface area contributed by atoms with E-state index in [4.69, 9.17) is 0 Å². The summed E-state index contributed by atoms with van der Waals surface area (Å²) in [6.07, 6.45) is 3.28. The van der Waals surface area contributed by atoms with Gasteiger partial charge >= 0.3 is 0 Å². The van der Waals surface area contributed by atoms with E-state index < -0.39 is 6.10 Å². The van der Waals surface area contributed by atoms with E-state index in [1.54, 1.807) is 0 Å². The summed E-state index contributed by atoms with van der Waals surface area (Å²) >= 11 is 0. The molecule has 0 aliphatic carbocycles. The highest BCUT2D eigenvalue weighted by Gasteiger charge is 2.25. The lowest BCUT2D eigenvalue weighted by molar-refractivity contribution is 0.0647. The van der Waals surface area contributed by atoms with Crippen LogP contribution in [0.1, 0.15) is 26.2 Å². The first kappa shape index (κ1) is 23.0. The van der Waals surface area contributed by atoms with Crippen LogP contribution in [-0.2, 0) is 6.54 Å². The lowest BCUT2D eigenvalue weighted by Gasteiger charge is -2.35. The van der Waals surface area contributed by atoms with Crippen molar-refractivity contribution in [3.63, 3.8) is 0 Å². The van der Waals surface area contributed by atoms with E-state index >= 15 is 0 Å². The van der Waals surface area contributed by atoms with Crippen LogP contribution in [0.15, 0.2) is 97.1 Å². The zero-order valence-corrected chi connectivity index (χ0v) is 21.0. The number of piperidine rings is 1. The van der Waals surface area contributed by atoms with Crippen LogP contribution in [0.3, 0.4) is 0 Å². The molecule has 1 aliphatic rings. The first-order chi connectivity index (χ1) is 17.7. The maximum atomic E-state index is 11.5. The second-order valence-corrected chi connectivity index (χ2v) is 10.2. The van der Waals surface area contributed by atoms with Crippen molar-refractivity contribution in [3.8, 4) is 22.4 Å². The molecule has 6 rings (SSSR count). The Morgan fingerprint density at radius 3 is 2.19 bits per heavy atom. The number of hydrogen-bond donors (Lipinski definition) is 1. The second kappa shape index (κ2) is 9.93. The van der Waals surface area contributed by atoms with E-state index in [0.717, 1.165) is 6.54 Å². The van der Waals surface area contributed by atoms with Gasteiger partial charge in [0, 0.05) is 28.9 Å². The molecular formula is C33H34N2O. The normalized spacial score (nSPS) is 17.6. The number of β-amino-alcohol motifs (C(OH)–C–C–N with tert-alkyl or cyclic N) is 1. The molecule has 0 radical (unpaired) electrons. The zero-order valence-electron chi connectivity index (χ0n) is 21.0. The van der Waals surface area contributed by atoms with Gasteiger partial charge in [0.2, 0.25) is 0 Å². The molecule has 36 heavy (non-hydrogen) atoms. The quantitative estimate of drug-likeness (QED) is 0.278. The maximum Gasteiger partial charge on any atom is 0.0846 e. The molecule has 0 unspecified atom stereocenters. The number of likely N-dealkylation sites (tertiary alicyclic amines) is 1. The molecule has 1 aliphatic heterocycles. The predicted molar refractivity (Wildman–Crippen MR) is 151 cm³/mol. The maximum absolute atomic E-state index is 11.5. The molecule has 1 saturated heterocycles. The number of hydrogen-bond acceptors (Lipinski definition) is 2. The topological polar surface area (TPSA) is 28.4 Å². The van der Waals surface area contributed by atoms with Gasteiger partial charge in [-0.2, -0.15) is 0 Å². The van der Waals surface area contributed by atoms with Crippen molar-refractivity contribution in [3.05, 3.63) is 97.1 Å². The summed E-state index contributed by atoms with van der Waals surface area (Å²) in [5.74, 6) is 0. The Hall–Kier alpha value is -3.40. The third-order valence-electron chi connectivity index (χ3n) is 7.84. The molecule has 0 bridgehead atoms. The molecule has 0 amide bonds. The largest absolute Gasteiger partial charge is 0.390 e. The minimum atomic E-state index is -0.453. The summed E-state index contributed by atoms with van der Waals surface area (Å²) in [5, 5.41) is 15.2. The monoisotopic (exact) mass is 474 g/mol. The van der Waals surface area contributed by atoms with Gasteiger partial charge in [-0.15, -0.1) is 0 Å². The smallest absolute Gasteiger partial charge is 0.0846 e. The molecular weight excluding hydrogens is 440 g/mol. The van der Waals surface area contributed by atoms with Crippen molar-refractivity contribution < 1.29 is 5.11 Å². The van der Waals surface area contributed by atoms with Gasteiger partial charge in [0.1, 0.15) is 0 Å². The number of aliphatic hydroxyl groups is 1. The van der Waals surface area contributed by atoms with Gasteiger partial charge in [-0.1, -0.05) is 103 Å². The minimum absolute atomic E-state index is 0.453. The van der Waals surface area contributed by atoms with Crippen LogP contribution in [0.4, 0.5) is 0 Å². The Bertz CT molecular complexity index is 1470. The van der Waals surface area contributed by atoms with Gasteiger partial charge in [0.25, 0.3) is 0 Å². The Labute approximate surface area is 213 Å². The van der Waals surface area contributed by atoms with E-state index in [0.29, 0.717) is 19.1 Å². The van der Waals surface area contributed by atoms with Gasteiger partial charge in [0.15, 0.2) is 0 Å². The average Bonchev–Trinajstić information content (AvgIpc) is 3.25. The highest BCUT2D eigenvalue weighted by atomic mass is 16.3. The highest BCUT2D eigenvalue weighted by molar-refractivity contribution is 6.15. The van der Waals surface area contributed by atoms with Crippen molar-refractivity contribution in [1.29, 1.82) is 0 Å². The van der Waals surface area contributed by atoms with Crippen molar-refractivity contribution in [2.75, 3.05) is 13.1 Å². The molecule has 4 aromatic carbocycles. The Morgan fingerprint density at radius 2 is 1.44 bits per heavy atom. The Morgan fingerprint density at radius 1 is 0.750 bits per heavy atom.